The number of carbonyl (C=O) groups is 2. The standard InChI is InChI=1S/C20H19N3O5S/c1-13(24)14-7-9-16(10-8-14)21-20(25)19-12-18(22-29(26,27)23(19)2)15-5-4-6-17(11-15)28-3/h4-12H,1-3H3,(H,21,25). The first-order valence-corrected chi connectivity index (χ1v) is 9.98. The van der Waals surface area contributed by atoms with Crippen LogP contribution in [0.3, 0.4) is 0 Å². The van der Waals surface area contributed by atoms with E-state index < -0.39 is 16.1 Å². The lowest BCUT2D eigenvalue weighted by Gasteiger charge is -2.23. The van der Waals surface area contributed by atoms with Crippen molar-refractivity contribution in [1.29, 1.82) is 0 Å². The molecule has 8 nitrogen and oxygen atoms in total. The molecule has 0 spiro atoms. The number of allylic oxidation sites excluding steroid dienone is 1. The summed E-state index contributed by atoms with van der Waals surface area (Å²) in [6.45, 7) is 1.44. The number of nitrogens with one attached hydrogen (secondary N) is 1. The molecule has 0 aromatic heterocycles. The van der Waals surface area contributed by atoms with Crippen molar-refractivity contribution < 1.29 is 22.7 Å². The van der Waals surface area contributed by atoms with Gasteiger partial charge in [0, 0.05) is 23.9 Å². The predicted molar refractivity (Wildman–Crippen MR) is 109 cm³/mol. The Kier molecular flexibility index (Phi) is 5.51. The quantitative estimate of drug-likeness (QED) is 0.758. The van der Waals surface area contributed by atoms with Crippen LogP contribution in [0.5, 0.6) is 5.75 Å². The van der Waals surface area contributed by atoms with Gasteiger partial charge in [-0.1, -0.05) is 12.1 Å². The van der Waals surface area contributed by atoms with Crippen LogP contribution < -0.4 is 10.1 Å². The number of amides is 1. The smallest absolute Gasteiger partial charge is 0.345 e. The van der Waals surface area contributed by atoms with Gasteiger partial charge < -0.3 is 10.1 Å². The first-order valence-electron chi connectivity index (χ1n) is 8.58. The van der Waals surface area contributed by atoms with Crippen molar-refractivity contribution in [3.8, 4) is 5.75 Å². The molecule has 0 saturated heterocycles. The molecular formula is C20H19N3O5S. The Morgan fingerprint density at radius 1 is 1.10 bits per heavy atom. The van der Waals surface area contributed by atoms with Gasteiger partial charge in [-0.25, -0.2) is 4.31 Å². The van der Waals surface area contributed by atoms with E-state index in [1.165, 1.54) is 27.2 Å². The van der Waals surface area contributed by atoms with Gasteiger partial charge in [0.2, 0.25) is 0 Å². The van der Waals surface area contributed by atoms with Gasteiger partial charge >= 0.3 is 10.2 Å². The molecule has 0 bridgehead atoms. The molecule has 150 valence electrons. The molecule has 3 rings (SSSR count). The minimum atomic E-state index is -4.08. The second kappa shape index (κ2) is 7.88. The van der Waals surface area contributed by atoms with Crippen LogP contribution in [0.25, 0.3) is 0 Å². The third-order valence-corrected chi connectivity index (χ3v) is 5.64. The van der Waals surface area contributed by atoms with Crippen LogP contribution in [0.1, 0.15) is 22.8 Å². The second-order valence-electron chi connectivity index (χ2n) is 6.27. The molecule has 1 heterocycles. The van der Waals surface area contributed by atoms with E-state index in [9.17, 15) is 18.0 Å². The third kappa shape index (κ3) is 4.35. The lowest BCUT2D eigenvalue weighted by molar-refractivity contribution is -0.113. The lowest BCUT2D eigenvalue weighted by Crippen LogP contribution is -2.35. The molecule has 1 amide bonds. The summed E-state index contributed by atoms with van der Waals surface area (Å²) < 4.78 is 34.7. The lowest BCUT2D eigenvalue weighted by atomic mass is 10.1. The minimum absolute atomic E-state index is 0.0894. The topological polar surface area (TPSA) is 105 Å². The Hall–Kier alpha value is -3.46. The molecule has 2 aromatic carbocycles. The van der Waals surface area contributed by atoms with Gasteiger partial charge in [0.05, 0.1) is 12.8 Å². The molecular weight excluding hydrogens is 394 g/mol. The fraction of sp³-hybridized carbons (Fsp3) is 0.150. The van der Waals surface area contributed by atoms with Crippen molar-refractivity contribution in [2.24, 2.45) is 4.40 Å². The number of methoxy groups -OCH3 is 1. The molecule has 0 unspecified atom stereocenters. The minimum Gasteiger partial charge on any atom is -0.497 e. The van der Waals surface area contributed by atoms with E-state index in [2.05, 4.69) is 9.71 Å². The summed E-state index contributed by atoms with van der Waals surface area (Å²) in [6, 6.07) is 13.0. The summed E-state index contributed by atoms with van der Waals surface area (Å²) in [6.07, 6.45) is 1.40. The Balaban J connectivity index is 1.93. The van der Waals surface area contributed by atoms with Crippen LogP contribution in [0.4, 0.5) is 5.69 Å². The zero-order chi connectivity index (χ0) is 21.2. The monoisotopic (exact) mass is 413 g/mol. The number of ketones is 1. The van der Waals surface area contributed by atoms with Crippen molar-refractivity contribution in [3.63, 3.8) is 0 Å². The van der Waals surface area contributed by atoms with Gasteiger partial charge in [-0.05, 0) is 49.4 Å². The molecule has 29 heavy (non-hydrogen) atoms. The third-order valence-electron chi connectivity index (χ3n) is 4.32. The molecule has 1 N–H and O–H groups in total. The Labute approximate surface area is 168 Å². The number of benzene rings is 2. The van der Waals surface area contributed by atoms with Crippen LogP contribution in [0.15, 0.2) is 64.7 Å². The average molecular weight is 413 g/mol. The number of ether oxygens (including phenoxy) is 1. The van der Waals surface area contributed by atoms with E-state index in [-0.39, 0.29) is 17.2 Å². The van der Waals surface area contributed by atoms with Crippen LogP contribution in [0.2, 0.25) is 0 Å². The van der Waals surface area contributed by atoms with Gasteiger partial charge in [0.1, 0.15) is 11.4 Å². The van der Waals surface area contributed by atoms with Gasteiger partial charge in [0.15, 0.2) is 5.78 Å². The highest BCUT2D eigenvalue weighted by Gasteiger charge is 2.30. The van der Waals surface area contributed by atoms with Gasteiger partial charge in [-0.3, -0.25) is 9.59 Å². The zero-order valence-electron chi connectivity index (χ0n) is 16.0. The predicted octanol–water partition coefficient (Wildman–Crippen LogP) is 2.40. The van der Waals surface area contributed by atoms with Crippen LogP contribution >= 0.6 is 0 Å². The number of nitrogens with zero attached hydrogens (tertiary/aromatic N) is 2. The summed E-state index contributed by atoms with van der Waals surface area (Å²) >= 11 is 0. The number of hydrogen-bond acceptors (Lipinski definition) is 5. The van der Waals surface area contributed by atoms with E-state index in [1.54, 1.807) is 48.5 Å². The van der Waals surface area contributed by atoms with E-state index >= 15 is 0 Å². The van der Waals surface area contributed by atoms with Crippen LogP contribution in [0, 0.1) is 0 Å². The molecule has 2 aromatic rings. The van der Waals surface area contributed by atoms with E-state index in [0.717, 1.165) is 4.31 Å². The first kappa shape index (κ1) is 20.3. The molecule has 0 saturated carbocycles. The average Bonchev–Trinajstić information content (AvgIpc) is 2.70. The number of hydrogen-bond donors (Lipinski definition) is 1. The van der Waals surface area contributed by atoms with Gasteiger partial charge in [0.25, 0.3) is 5.91 Å². The fourth-order valence-corrected chi connectivity index (χ4v) is 3.58. The fourth-order valence-electron chi connectivity index (χ4n) is 2.67. The van der Waals surface area contributed by atoms with Crippen LogP contribution in [-0.2, 0) is 15.0 Å². The normalized spacial score (nSPS) is 15.2. The Morgan fingerprint density at radius 3 is 2.41 bits per heavy atom. The van der Waals surface area contributed by atoms with E-state index in [4.69, 9.17) is 4.74 Å². The molecule has 1 aliphatic rings. The molecule has 0 fully saturated rings. The van der Waals surface area contributed by atoms with Crippen molar-refractivity contribution in [1.82, 2.24) is 4.31 Å². The molecule has 0 radical (unpaired) electrons. The van der Waals surface area contributed by atoms with Crippen molar-refractivity contribution in [2.45, 2.75) is 6.92 Å². The SMILES string of the molecule is COc1cccc(C2=NS(=O)(=O)N(C)C(C(=O)Nc3ccc(C(C)=O)cc3)=C2)c1. The van der Waals surface area contributed by atoms with Gasteiger partial charge in [-0.2, -0.15) is 8.42 Å². The molecule has 9 heteroatoms. The number of carbonyl (C=O) groups excluding carboxylic acids is 2. The molecule has 1 aliphatic heterocycles. The highest BCUT2D eigenvalue weighted by Crippen LogP contribution is 2.23. The maximum Gasteiger partial charge on any atom is 0.345 e. The number of Topliss-reactive ketones (excluding diaryl/α,β-unsaturated/α-hetero) is 1. The summed E-state index contributed by atoms with van der Waals surface area (Å²) in [5.41, 5.74) is 1.47. The number of likely N-dealkylation sites (N-methyl/N-ethyl adjacent to an activating group) is 1. The van der Waals surface area contributed by atoms with Gasteiger partial charge in [-0.15, -0.1) is 4.40 Å². The second-order valence-corrected chi connectivity index (χ2v) is 7.90. The highest BCUT2D eigenvalue weighted by molar-refractivity contribution is 7.88. The maximum atomic E-state index is 12.8. The Bertz CT molecular complexity index is 1130. The zero-order valence-corrected chi connectivity index (χ0v) is 16.9. The number of rotatable bonds is 5. The largest absolute Gasteiger partial charge is 0.497 e. The number of anilines is 1. The van der Waals surface area contributed by atoms with E-state index in [0.29, 0.717) is 22.6 Å². The first-order chi connectivity index (χ1) is 13.7. The highest BCUT2D eigenvalue weighted by atomic mass is 32.2. The molecule has 0 atom stereocenters. The summed E-state index contributed by atoms with van der Waals surface area (Å²) in [4.78, 5) is 24.1. The Morgan fingerprint density at radius 2 is 1.79 bits per heavy atom. The van der Waals surface area contributed by atoms with Crippen molar-refractivity contribution in [3.05, 3.63) is 71.4 Å². The van der Waals surface area contributed by atoms with E-state index in [1.807, 2.05) is 0 Å². The van der Waals surface area contributed by atoms with Crippen LogP contribution in [-0.4, -0.2) is 44.3 Å². The van der Waals surface area contributed by atoms with Crippen molar-refractivity contribution >= 4 is 33.3 Å². The summed E-state index contributed by atoms with van der Waals surface area (Å²) in [7, 11) is -1.32. The van der Waals surface area contributed by atoms with Crippen molar-refractivity contribution in [2.75, 3.05) is 19.5 Å². The summed E-state index contributed by atoms with van der Waals surface area (Å²) in [5.74, 6) is -0.184. The molecule has 0 aliphatic carbocycles. The maximum absolute atomic E-state index is 12.8. The summed E-state index contributed by atoms with van der Waals surface area (Å²) in [5, 5.41) is 2.64.